The number of thiazole rings is 1. The van der Waals surface area contributed by atoms with Crippen molar-refractivity contribution in [3.63, 3.8) is 0 Å². The second kappa shape index (κ2) is 7.75. The number of benzene rings is 2. The molecule has 1 N–H and O–H groups in total. The number of hydrogen-bond donors (Lipinski definition) is 1. The number of anilines is 1. The zero-order valence-corrected chi connectivity index (χ0v) is 15.5. The van der Waals surface area contributed by atoms with Gasteiger partial charge in [0.05, 0.1) is 10.2 Å². The standard InChI is InChI=1S/C20H19N3O3S/c24-18(10-12-23-11-4-7-19(23)25)22-20-21-16-9-8-15(13-17(16)27-20)26-14-5-2-1-3-6-14/h1-3,5-6,8-9,13H,4,7,10-12H2,(H,21,22,24). The number of nitrogens with zero attached hydrogens (tertiary/aromatic N) is 2. The van der Waals surface area contributed by atoms with Crippen LogP contribution in [0.25, 0.3) is 10.2 Å². The summed E-state index contributed by atoms with van der Waals surface area (Å²) in [5.41, 5.74) is 0.811. The van der Waals surface area contributed by atoms with Gasteiger partial charge < -0.3 is 15.0 Å². The summed E-state index contributed by atoms with van der Waals surface area (Å²) in [6, 6.07) is 15.2. The number of likely N-dealkylation sites (tertiary alicyclic amines) is 1. The van der Waals surface area contributed by atoms with E-state index in [4.69, 9.17) is 4.74 Å². The first-order valence-corrected chi connectivity index (χ1v) is 9.70. The molecule has 0 saturated carbocycles. The van der Waals surface area contributed by atoms with Crippen LogP contribution in [-0.4, -0.2) is 34.8 Å². The van der Waals surface area contributed by atoms with E-state index in [1.165, 1.54) is 11.3 Å². The van der Waals surface area contributed by atoms with Crippen molar-refractivity contribution in [2.75, 3.05) is 18.4 Å². The molecule has 0 bridgehead atoms. The fourth-order valence-corrected chi connectivity index (χ4v) is 3.92. The first kappa shape index (κ1) is 17.5. The van der Waals surface area contributed by atoms with Gasteiger partial charge in [0.25, 0.3) is 0 Å². The Bertz CT molecular complexity index is 971. The normalized spacial score (nSPS) is 13.9. The lowest BCUT2D eigenvalue weighted by Crippen LogP contribution is -2.28. The number of rotatable bonds is 6. The summed E-state index contributed by atoms with van der Waals surface area (Å²) in [5, 5.41) is 3.38. The summed E-state index contributed by atoms with van der Waals surface area (Å²) >= 11 is 1.41. The van der Waals surface area contributed by atoms with Crippen molar-refractivity contribution in [3.05, 3.63) is 48.5 Å². The van der Waals surface area contributed by atoms with Crippen LogP contribution in [0.3, 0.4) is 0 Å². The summed E-state index contributed by atoms with van der Waals surface area (Å²) in [4.78, 5) is 29.9. The van der Waals surface area contributed by atoms with E-state index in [9.17, 15) is 9.59 Å². The molecular weight excluding hydrogens is 362 g/mol. The van der Waals surface area contributed by atoms with Gasteiger partial charge in [0.2, 0.25) is 11.8 Å². The maximum atomic E-state index is 12.2. The number of amides is 2. The lowest BCUT2D eigenvalue weighted by atomic mass is 10.3. The fraction of sp³-hybridized carbons (Fsp3) is 0.250. The molecule has 138 valence electrons. The van der Waals surface area contributed by atoms with E-state index in [1.54, 1.807) is 4.90 Å². The molecule has 27 heavy (non-hydrogen) atoms. The Morgan fingerprint density at radius 2 is 2.04 bits per heavy atom. The second-order valence-corrected chi connectivity index (χ2v) is 7.38. The van der Waals surface area contributed by atoms with Crippen LogP contribution in [0.5, 0.6) is 11.5 Å². The van der Waals surface area contributed by atoms with Crippen LogP contribution in [0.1, 0.15) is 19.3 Å². The van der Waals surface area contributed by atoms with E-state index in [0.717, 1.165) is 34.7 Å². The molecule has 1 saturated heterocycles. The number of ether oxygens (including phenoxy) is 1. The third-order valence-corrected chi connectivity index (χ3v) is 5.30. The number of fused-ring (bicyclic) bond motifs is 1. The number of carbonyl (C=O) groups is 2. The van der Waals surface area contributed by atoms with Gasteiger partial charge in [0, 0.05) is 32.0 Å². The molecule has 0 unspecified atom stereocenters. The maximum absolute atomic E-state index is 12.2. The quantitative estimate of drug-likeness (QED) is 0.699. The first-order valence-electron chi connectivity index (χ1n) is 8.88. The van der Waals surface area contributed by atoms with E-state index in [1.807, 2.05) is 48.5 Å². The van der Waals surface area contributed by atoms with Crippen LogP contribution in [0.4, 0.5) is 5.13 Å². The highest BCUT2D eigenvalue weighted by atomic mass is 32.1. The van der Waals surface area contributed by atoms with Gasteiger partial charge in [-0.2, -0.15) is 0 Å². The summed E-state index contributed by atoms with van der Waals surface area (Å²) in [6.07, 6.45) is 1.75. The maximum Gasteiger partial charge on any atom is 0.227 e. The van der Waals surface area contributed by atoms with E-state index in [-0.39, 0.29) is 18.2 Å². The molecule has 1 aliphatic rings. The zero-order chi connectivity index (χ0) is 18.6. The van der Waals surface area contributed by atoms with Crippen LogP contribution in [0.2, 0.25) is 0 Å². The van der Waals surface area contributed by atoms with Gasteiger partial charge in [-0.3, -0.25) is 9.59 Å². The number of aromatic nitrogens is 1. The average molecular weight is 381 g/mol. The predicted molar refractivity (Wildman–Crippen MR) is 105 cm³/mol. The smallest absolute Gasteiger partial charge is 0.227 e. The third-order valence-electron chi connectivity index (χ3n) is 4.37. The molecule has 0 atom stereocenters. The lowest BCUT2D eigenvalue weighted by Gasteiger charge is -2.14. The summed E-state index contributed by atoms with van der Waals surface area (Å²) in [7, 11) is 0. The number of para-hydroxylation sites is 1. The van der Waals surface area contributed by atoms with Crippen molar-refractivity contribution in [3.8, 4) is 11.5 Å². The van der Waals surface area contributed by atoms with Crippen molar-refractivity contribution in [2.24, 2.45) is 0 Å². The van der Waals surface area contributed by atoms with Crippen LogP contribution in [0.15, 0.2) is 48.5 Å². The molecule has 7 heteroatoms. The molecule has 2 amide bonds. The Kier molecular flexibility index (Phi) is 5.02. The minimum atomic E-state index is -0.130. The zero-order valence-electron chi connectivity index (χ0n) is 14.7. The van der Waals surface area contributed by atoms with Gasteiger partial charge in [-0.1, -0.05) is 29.5 Å². The van der Waals surface area contributed by atoms with Crippen molar-refractivity contribution >= 4 is 38.5 Å². The topological polar surface area (TPSA) is 71.5 Å². The molecular formula is C20H19N3O3S. The van der Waals surface area contributed by atoms with E-state index in [2.05, 4.69) is 10.3 Å². The monoisotopic (exact) mass is 381 g/mol. The molecule has 0 spiro atoms. The summed E-state index contributed by atoms with van der Waals surface area (Å²) in [5.74, 6) is 1.50. The Morgan fingerprint density at radius 1 is 1.19 bits per heavy atom. The van der Waals surface area contributed by atoms with Crippen molar-refractivity contribution in [1.82, 2.24) is 9.88 Å². The van der Waals surface area contributed by atoms with E-state index >= 15 is 0 Å². The molecule has 2 heterocycles. The van der Waals surface area contributed by atoms with Crippen molar-refractivity contribution in [2.45, 2.75) is 19.3 Å². The van der Waals surface area contributed by atoms with Gasteiger partial charge in [0.1, 0.15) is 11.5 Å². The molecule has 4 rings (SSSR count). The van der Waals surface area contributed by atoms with Crippen LogP contribution >= 0.6 is 11.3 Å². The third kappa shape index (κ3) is 4.25. The average Bonchev–Trinajstić information content (AvgIpc) is 3.25. The SMILES string of the molecule is O=C(CCN1CCCC1=O)Nc1nc2ccc(Oc3ccccc3)cc2s1. The lowest BCUT2D eigenvalue weighted by molar-refractivity contribution is -0.128. The second-order valence-electron chi connectivity index (χ2n) is 6.35. The molecule has 2 aromatic carbocycles. The molecule has 3 aromatic rings. The van der Waals surface area contributed by atoms with Gasteiger partial charge in [-0.05, 0) is 30.7 Å². The molecule has 0 aliphatic carbocycles. The Morgan fingerprint density at radius 3 is 2.81 bits per heavy atom. The van der Waals surface area contributed by atoms with Crippen LogP contribution < -0.4 is 10.1 Å². The molecule has 1 fully saturated rings. The Labute approximate surface area is 160 Å². The highest BCUT2D eigenvalue weighted by Gasteiger charge is 2.20. The highest BCUT2D eigenvalue weighted by Crippen LogP contribution is 2.31. The van der Waals surface area contributed by atoms with E-state index in [0.29, 0.717) is 18.1 Å². The van der Waals surface area contributed by atoms with Crippen LogP contribution in [-0.2, 0) is 9.59 Å². The largest absolute Gasteiger partial charge is 0.457 e. The van der Waals surface area contributed by atoms with Gasteiger partial charge in [0.15, 0.2) is 5.13 Å². The van der Waals surface area contributed by atoms with Crippen molar-refractivity contribution in [1.29, 1.82) is 0 Å². The number of hydrogen-bond acceptors (Lipinski definition) is 5. The van der Waals surface area contributed by atoms with Crippen LogP contribution in [0, 0.1) is 0 Å². The van der Waals surface area contributed by atoms with E-state index < -0.39 is 0 Å². The Hall–Kier alpha value is -2.93. The van der Waals surface area contributed by atoms with Crippen molar-refractivity contribution < 1.29 is 14.3 Å². The van der Waals surface area contributed by atoms with Gasteiger partial charge >= 0.3 is 0 Å². The molecule has 0 radical (unpaired) electrons. The van der Waals surface area contributed by atoms with Gasteiger partial charge in [-0.15, -0.1) is 0 Å². The minimum Gasteiger partial charge on any atom is -0.457 e. The Balaban J connectivity index is 1.39. The highest BCUT2D eigenvalue weighted by molar-refractivity contribution is 7.22. The number of carbonyl (C=O) groups excluding carboxylic acids is 2. The first-order chi connectivity index (χ1) is 13.2. The van der Waals surface area contributed by atoms with Gasteiger partial charge in [-0.25, -0.2) is 4.98 Å². The molecule has 6 nitrogen and oxygen atoms in total. The molecule has 1 aliphatic heterocycles. The predicted octanol–water partition coefficient (Wildman–Crippen LogP) is 4.04. The summed E-state index contributed by atoms with van der Waals surface area (Å²) < 4.78 is 6.77. The minimum absolute atomic E-state index is 0.130. The number of nitrogens with one attached hydrogen (secondary N) is 1. The fourth-order valence-electron chi connectivity index (χ4n) is 3.01. The molecule has 1 aromatic heterocycles. The summed E-state index contributed by atoms with van der Waals surface area (Å²) in [6.45, 7) is 1.21.